The monoisotopic (exact) mass is 271 g/mol. The fourth-order valence-electron chi connectivity index (χ4n) is 1.49. The van der Waals surface area contributed by atoms with Crippen LogP contribution in [0.5, 0.6) is 0 Å². The van der Waals surface area contributed by atoms with Gasteiger partial charge in [-0.15, -0.1) is 0 Å². The molecule has 0 aromatic heterocycles. The van der Waals surface area contributed by atoms with Crippen LogP contribution in [0, 0.1) is 13.8 Å². The number of hydrogen-bond acceptors (Lipinski definition) is 4. The smallest absolute Gasteiger partial charge is 0.243 e. The highest BCUT2D eigenvalue weighted by Crippen LogP contribution is 2.23. The first-order valence-electron chi connectivity index (χ1n) is 5.27. The topological polar surface area (TPSA) is 106 Å². The lowest BCUT2D eigenvalue weighted by Crippen LogP contribution is -2.35. The van der Waals surface area contributed by atoms with Crippen molar-refractivity contribution in [3.63, 3.8) is 0 Å². The van der Waals surface area contributed by atoms with Gasteiger partial charge >= 0.3 is 0 Å². The highest BCUT2D eigenvalue weighted by atomic mass is 32.2. The van der Waals surface area contributed by atoms with Crippen molar-refractivity contribution in [3.8, 4) is 0 Å². The van der Waals surface area contributed by atoms with Crippen LogP contribution in [-0.4, -0.2) is 32.2 Å². The van der Waals surface area contributed by atoms with E-state index in [2.05, 4.69) is 0 Å². The predicted molar refractivity (Wildman–Crippen MR) is 69.3 cm³/mol. The minimum atomic E-state index is -3.74. The molecule has 0 unspecified atom stereocenters. The van der Waals surface area contributed by atoms with Crippen LogP contribution in [0.3, 0.4) is 0 Å². The van der Waals surface area contributed by atoms with E-state index >= 15 is 0 Å². The summed E-state index contributed by atoms with van der Waals surface area (Å²) < 4.78 is 25.2. The molecule has 1 aromatic carbocycles. The number of hydrogen-bond donors (Lipinski definition) is 2. The fraction of sp³-hybridized carbons (Fsp3) is 0.364. The van der Waals surface area contributed by atoms with Crippen molar-refractivity contribution in [3.05, 3.63) is 23.3 Å². The van der Waals surface area contributed by atoms with Crippen molar-refractivity contribution >= 4 is 21.6 Å². The number of carbonyl (C=O) groups is 1. The van der Waals surface area contributed by atoms with Crippen molar-refractivity contribution in [2.75, 3.05) is 19.3 Å². The first kappa shape index (κ1) is 14.5. The van der Waals surface area contributed by atoms with E-state index in [0.717, 1.165) is 15.4 Å². The molecule has 1 rings (SSSR count). The Morgan fingerprint density at radius 1 is 1.33 bits per heavy atom. The summed E-state index contributed by atoms with van der Waals surface area (Å²) in [6, 6.07) is 2.91. The number of nitrogens with zero attached hydrogens (tertiary/aromatic N) is 1. The zero-order chi connectivity index (χ0) is 14.1. The standard InChI is InChI=1S/C11H17N3O3S/c1-7-4-9(5-10(12)8(7)2)18(16,17)14(3)6-11(13)15/h4-5H,6,12H2,1-3H3,(H2,13,15). The summed E-state index contributed by atoms with van der Waals surface area (Å²) in [6.45, 7) is 3.22. The van der Waals surface area contributed by atoms with Crippen LogP contribution in [0.15, 0.2) is 17.0 Å². The molecule has 18 heavy (non-hydrogen) atoms. The van der Waals surface area contributed by atoms with Crippen LogP contribution in [-0.2, 0) is 14.8 Å². The summed E-state index contributed by atoms with van der Waals surface area (Å²) in [5.41, 5.74) is 12.7. The van der Waals surface area contributed by atoms with Gasteiger partial charge in [-0.25, -0.2) is 8.42 Å². The largest absolute Gasteiger partial charge is 0.398 e. The molecule has 1 aromatic rings. The Balaban J connectivity index is 3.25. The van der Waals surface area contributed by atoms with Gasteiger partial charge in [-0.05, 0) is 37.1 Å². The molecule has 0 spiro atoms. The Hall–Kier alpha value is -1.60. The van der Waals surface area contributed by atoms with E-state index < -0.39 is 15.9 Å². The molecule has 0 heterocycles. The summed E-state index contributed by atoms with van der Waals surface area (Å²) in [5.74, 6) is -0.710. The molecule has 0 radical (unpaired) electrons. The first-order valence-corrected chi connectivity index (χ1v) is 6.71. The summed E-state index contributed by atoms with van der Waals surface area (Å²) in [5, 5.41) is 0. The second kappa shape index (κ2) is 4.95. The van der Waals surface area contributed by atoms with Gasteiger partial charge in [-0.1, -0.05) is 0 Å². The Morgan fingerprint density at radius 2 is 1.89 bits per heavy atom. The second-order valence-electron chi connectivity index (χ2n) is 4.18. The molecule has 0 aliphatic carbocycles. The number of benzene rings is 1. The van der Waals surface area contributed by atoms with Gasteiger partial charge in [0.25, 0.3) is 0 Å². The van der Waals surface area contributed by atoms with Gasteiger partial charge < -0.3 is 11.5 Å². The highest BCUT2D eigenvalue weighted by molar-refractivity contribution is 7.89. The van der Waals surface area contributed by atoms with Gasteiger partial charge in [0, 0.05) is 12.7 Å². The van der Waals surface area contributed by atoms with E-state index in [4.69, 9.17) is 11.5 Å². The van der Waals surface area contributed by atoms with Crippen LogP contribution in [0.4, 0.5) is 5.69 Å². The average molecular weight is 271 g/mol. The van der Waals surface area contributed by atoms with Gasteiger partial charge in [-0.2, -0.15) is 4.31 Å². The molecule has 0 saturated heterocycles. The molecular formula is C11H17N3O3S. The quantitative estimate of drug-likeness (QED) is 0.751. The molecule has 4 N–H and O–H groups in total. The number of aryl methyl sites for hydroxylation is 1. The second-order valence-corrected chi connectivity index (χ2v) is 6.23. The molecule has 0 saturated carbocycles. The van der Waals surface area contributed by atoms with E-state index in [1.807, 2.05) is 6.92 Å². The van der Waals surface area contributed by atoms with Gasteiger partial charge in [0.15, 0.2) is 0 Å². The number of nitrogens with two attached hydrogens (primary N) is 2. The van der Waals surface area contributed by atoms with Crippen LogP contribution >= 0.6 is 0 Å². The number of primary amides is 1. The van der Waals surface area contributed by atoms with Gasteiger partial charge in [0.05, 0.1) is 11.4 Å². The molecule has 7 heteroatoms. The van der Waals surface area contributed by atoms with Crippen molar-refractivity contribution in [1.82, 2.24) is 4.31 Å². The third kappa shape index (κ3) is 2.80. The normalized spacial score (nSPS) is 11.8. The maximum absolute atomic E-state index is 12.1. The Bertz CT molecular complexity index is 558. The average Bonchev–Trinajstić information content (AvgIpc) is 2.24. The van der Waals surface area contributed by atoms with Gasteiger partial charge in [-0.3, -0.25) is 4.79 Å². The van der Waals surface area contributed by atoms with Crippen molar-refractivity contribution in [2.24, 2.45) is 5.73 Å². The van der Waals surface area contributed by atoms with E-state index in [1.165, 1.54) is 19.2 Å². The number of nitrogen functional groups attached to an aromatic ring is 1. The van der Waals surface area contributed by atoms with E-state index in [9.17, 15) is 13.2 Å². The highest BCUT2D eigenvalue weighted by Gasteiger charge is 2.23. The van der Waals surface area contributed by atoms with E-state index in [0.29, 0.717) is 5.69 Å². The number of likely N-dealkylation sites (N-methyl/N-ethyl adjacent to an activating group) is 1. The van der Waals surface area contributed by atoms with Crippen molar-refractivity contribution < 1.29 is 13.2 Å². The fourth-order valence-corrected chi connectivity index (χ4v) is 2.74. The third-order valence-corrected chi connectivity index (χ3v) is 4.55. The number of amides is 1. The van der Waals surface area contributed by atoms with Gasteiger partial charge in [0.2, 0.25) is 15.9 Å². The summed E-state index contributed by atoms with van der Waals surface area (Å²) in [6.07, 6.45) is 0. The lowest BCUT2D eigenvalue weighted by atomic mass is 10.1. The molecule has 0 aliphatic rings. The van der Waals surface area contributed by atoms with Crippen LogP contribution < -0.4 is 11.5 Å². The lowest BCUT2D eigenvalue weighted by Gasteiger charge is -2.17. The van der Waals surface area contributed by atoms with Crippen molar-refractivity contribution in [2.45, 2.75) is 18.7 Å². The molecule has 6 nitrogen and oxygen atoms in total. The van der Waals surface area contributed by atoms with E-state index in [1.54, 1.807) is 6.92 Å². The summed E-state index contributed by atoms with van der Waals surface area (Å²) >= 11 is 0. The summed E-state index contributed by atoms with van der Waals surface area (Å²) in [7, 11) is -2.45. The van der Waals surface area contributed by atoms with E-state index in [-0.39, 0.29) is 11.4 Å². The lowest BCUT2D eigenvalue weighted by molar-refractivity contribution is -0.118. The van der Waals surface area contributed by atoms with Crippen molar-refractivity contribution in [1.29, 1.82) is 0 Å². The first-order chi connectivity index (χ1) is 8.16. The van der Waals surface area contributed by atoms with Crippen LogP contribution in [0.2, 0.25) is 0 Å². The maximum Gasteiger partial charge on any atom is 0.243 e. The Kier molecular flexibility index (Phi) is 3.98. The number of rotatable bonds is 4. The van der Waals surface area contributed by atoms with Gasteiger partial charge in [0.1, 0.15) is 0 Å². The molecule has 0 atom stereocenters. The minimum absolute atomic E-state index is 0.0619. The Morgan fingerprint density at radius 3 is 2.33 bits per heavy atom. The molecule has 0 fully saturated rings. The third-order valence-electron chi connectivity index (χ3n) is 2.77. The van der Waals surface area contributed by atoms with Crippen LogP contribution in [0.25, 0.3) is 0 Å². The SMILES string of the molecule is Cc1cc(S(=O)(=O)N(C)CC(N)=O)cc(N)c1C. The maximum atomic E-state index is 12.1. The molecule has 0 bridgehead atoms. The minimum Gasteiger partial charge on any atom is -0.398 e. The zero-order valence-electron chi connectivity index (χ0n) is 10.6. The zero-order valence-corrected chi connectivity index (χ0v) is 11.4. The summed E-state index contributed by atoms with van der Waals surface area (Å²) in [4.78, 5) is 10.8. The molecular weight excluding hydrogens is 254 g/mol. The van der Waals surface area contributed by atoms with Crippen LogP contribution in [0.1, 0.15) is 11.1 Å². The molecule has 1 amide bonds. The predicted octanol–water partition coefficient (Wildman–Crippen LogP) is -0.00856. The molecule has 0 aliphatic heterocycles. The molecule has 100 valence electrons. The number of sulfonamides is 1. The Labute approximate surface area is 107 Å². The number of carbonyl (C=O) groups excluding carboxylic acids is 1. The number of anilines is 1.